The van der Waals surface area contributed by atoms with Crippen molar-refractivity contribution in [1.29, 1.82) is 0 Å². The molecule has 1 heterocycles. The van der Waals surface area contributed by atoms with Crippen molar-refractivity contribution in [3.63, 3.8) is 0 Å². The van der Waals surface area contributed by atoms with E-state index >= 15 is 0 Å². The zero-order chi connectivity index (χ0) is 6.97. The maximum Gasteiger partial charge on any atom is 0.238 e. The summed E-state index contributed by atoms with van der Waals surface area (Å²) in [5, 5.41) is 0. The predicted molar refractivity (Wildman–Crippen MR) is 41.1 cm³/mol. The van der Waals surface area contributed by atoms with Crippen LogP contribution >= 0.6 is 11.9 Å². The molecule has 0 radical (unpaired) electrons. The van der Waals surface area contributed by atoms with Gasteiger partial charge in [0, 0.05) is 4.91 Å². The van der Waals surface area contributed by atoms with E-state index in [9.17, 15) is 4.79 Å². The third-order valence-electron chi connectivity index (χ3n) is 1.70. The van der Waals surface area contributed by atoms with Crippen LogP contribution in [0.5, 0.6) is 0 Å². The molecule has 2 rings (SSSR count). The molecule has 0 spiro atoms. The summed E-state index contributed by atoms with van der Waals surface area (Å²) in [4.78, 5) is 12.2. The summed E-state index contributed by atoms with van der Waals surface area (Å²) in [5.74, 6) is 0.274. The van der Waals surface area contributed by atoms with Gasteiger partial charge in [-0.05, 0) is 18.4 Å². The van der Waals surface area contributed by atoms with Gasteiger partial charge in [-0.3, -0.25) is 9.52 Å². The first-order chi connectivity index (χ1) is 4.88. The van der Waals surface area contributed by atoms with E-state index in [-0.39, 0.29) is 11.8 Å². The van der Waals surface area contributed by atoms with Crippen LogP contribution in [0, 0.1) is 5.92 Å². The van der Waals surface area contributed by atoms with Crippen LogP contribution in [0.4, 0.5) is 0 Å². The summed E-state index contributed by atoms with van der Waals surface area (Å²) in [7, 11) is 0. The first-order valence-electron chi connectivity index (χ1n) is 3.21. The van der Waals surface area contributed by atoms with Gasteiger partial charge in [-0.2, -0.15) is 0 Å². The highest BCUT2D eigenvalue weighted by atomic mass is 32.2. The van der Waals surface area contributed by atoms with Crippen LogP contribution in [0.1, 0.15) is 6.42 Å². The smallest absolute Gasteiger partial charge is 0.238 e. The number of rotatable bonds is 0. The second-order valence-electron chi connectivity index (χ2n) is 2.35. The maximum absolute atomic E-state index is 11.0. The molecule has 1 unspecified atom stereocenters. The fourth-order valence-electron chi connectivity index (χ4n) is 1.13. The molecule has 3 heteroatoms. The number of allylic oxidation sites excluding steroid dienone is 3. The normalized spacial score (nSPS) is 29.4. The van der Waals surface area contributed by atoms with E-state index < -0.39 is 0 Å². The first kappa shape index (κ1) is 6.04. The van der Waals surface area contributed by atoms with Gasteiger partial charge in [0.05, 0.1) is 5.92 Å². The van der Waals surface area contributed by atoms with Crippen molar-refractivity contribution < 1.29 is 4.79 Å². The highest BCUT2D eigenvalue weighted by Crippen LogP contribution is 2.34. The Kier molecular flexibility index (Phi) is 1.31. The predicted octanol–water partition coefficient (Wildman–Crippen LogP) is 1.22. The van der Waals surface area contributed by atoms with Gasteiger partial charge < -0.3 is 0 Å². The molecule has 0 saturated carbocycles. The molecule has 1 saturated heterocycles. The van der Waals surface area contributed by atoms with E-state index in [1.807, 2.05) is 18.2 Å². The third-order valence-corrected chi connectivity index (χ3v) is 2.66. The molecule has 1 fully saturated rings. The van der Waals surface area contributed by atoms with E-state index in [4.69, 9.17) is 0 Å². The van der Waals surface area contributed by atoms with Crippen molar-refractivity contribution in [2.75, 3.05) is 0 Å². The number of fused-ring (bicyclic) bond motifs is 1. The SMILES string of the molecule is O=C1NSC2=CC=CCC12. The Hall–Kier alpha value is -0.700. The zero-order valence-corrected chi connectivity index (χ0v) is 6.15. The minimum Gasteiger partial charge on any atom is -0.296 e. The molecule has 1 N–H and O–H groups in total. The second-order valence-corrected chi connectivity index (χ2v) is 3.23. The van der Waals surface area contributed by atoms with Crippen LogP contribution in [0.3, 0.4) is 0 Å². The number of carbonyl (C=O) groups is 1. The lowest BCUT2D eigenvalue weighted by Crippen LogP contribution is -2.16. The van der Waals surface area contributed by atoms with Crippen molar-refractivity contribution in [2.45, 2.75) is 6.42 Å². The largest absolute Gasteiger partial charge is 0.296 e. The highest BCUT2D eigenvalue weighted by molar-refractivity contribution is 8.02. The molecule has 0 aromatic rings. The Morgan fingerprint density at radius 1 is 1.70 bits per heavy atom. The molecule has 0 aromatic carbocycles. The Bertz CT molecular complexity index is 232. The number of amides is 1. The molecule has 1 atom stereocenters. The van der Waals surface area contributed by atoms with E-state index in [1.165, 1.54) is 11.9 Å². The molecule has 0 bridgehead atoms. The molecule has 10 heavy (non-hydrogen) atoms. The van der Waals surface area contributed by atoms with Crippen LogP contribution in [-0.2, 0) is 4.79 Å². The maximum atomic E-state index is 11.0. The summed E-state index contributed by atoms with van der Waals surface area (Å²) in [5.41, 5.74) is 0. The van der Waals surface area contributed by atoms with Crippen LogP contribution in [0.2, 0.25) is 0 Å². The molecule has 2 aliphatic rings. The molecule has 1 amide bonds. The Morgan fingerprint density at radius 2 is 2.60 bits per heavy atom. The van der Waals surface area contributed by atoms with Gasteiger partial charge in [0.15, 0.2) is 0 Å². The van der Waals surface area contributed by atoms with E-state index in [1.54, 1.807) is 0 Å². The number of carbonyl (C=O) groups excluding carboxylic acids is 1. The highest BCUT2D eigenvalue weighted by Gasteiger charge is 2.29. The Balaban J connectivity index is 2.31. The minimum absolute atomic E-state index is 0.120. The molecule has 1 aliphatic carbocycles. The van der Waals surface area contributed by atoms with Crippen molar-refractivity contribution >= 4 is 17.9 Å². The molecule has 1 aliphatic heterocycles. The fraction of sp³-hybridized carbons (Fsp3) is 0.286. The first-order valence-corrected chi connectivity index (χ1v) is 4.03. The van der Waals surface area contributed by atoms with Gasteiger partial charge in [0.2, 0.25) is 5.91 Å². The van der Waals surface area contributed by atoms with Gasteiger partial charge in [0.25, 0.3) is 0 Å². The molecule has 0 aromatic heterocycles. The van der Waals surface area contributed by atoms with E-state index in [0.717, 1.165) is 11.3 Å². The number of hydrogen-bond acceptors (Lipinski definition) is 2. The fourth-order valence-corrected chi connectivity index (χ4v) is 1.98. The van der Waals surface area contributed by atoms with Crippen LogP contribution in [-0.4, -0.2) is 5.91 Å². The molecule has 52 valence electrons. The Morgan fingerprint density at radius 3 is 3.40 bits per heavy atom. The average Bonchev–Trinajstić information content (AvgIpc) is 2.34. The molecular weight excluding hydrogens is 146 g/mol. The topological polar surface area (TPSA) is 29.1 Å². The lowest BCUT2D eigenvalue weighted by molar-refractivity contribution is -0.121. The van der Waals surface area contributed by atoms with Crippen molar-refractivity contribution in [1.82, 2.24) is 4.72 Å². The quantitative estimate of drug-likeness (QED) is 0.530. The Labute approximate surface area is 63.5 Å². The van der Waals surface area contributed by atoms with Crippen LogP contribution < -0.4 is 4.72 Å². The van der Waals surface area contributed by atoms with Gasteiger partial charge in [-0.15, -0.1) is 0 Å². The van der Waals surface area contributed by atoms with E-state index in [2.05, 4.69) is 4.72 Å². The van der Waals surface area contributed by atoms with Crippen molar-refractivity contribution in [2.24, 2.45) is 5.92 Å². The lowest BCUT2D eigenvalue weighted by atomic mass is 10.0. The lowest BCUT2D eigenvalue weighted by Gasteiger charge is -2.06. The van der Waals surface area contributed by atoms with Crippen LogP contribution in [0.15, 0.2) is 23.1 Å². The average molecular weight is 153 g/mol. The summed E-state index contributed by atoms with van der Waals surface area (Å²) in [6, 6.07) is 0. The summed E-state index contributed by atoms with van der Waals surface area (Å²) in [6.45, 7) is 0. The standard InChI is InChI=1S/C7H7NOS/c9-7-5-3-1-2-4-6(5)10-8-7/h1-2,4-5H,3H2,(H,8,9). The van der Waals surface area contributed by atoms with Gasteiger partial charge in [-0.1, -0.05) is 18.2 Å². The van der Waals surface area contributed by atoms with Gasteiger partial charge in [0.1, 0.15) is 0 Å². The molecule has 2 nitrogen and oxygen atoms in total. The van der Waals surface area contributed by atoms with Gasteiger partial charge >= 0.3 is 0 Å². The van der Waals surface area contributed by atoms with Crippen molar-refractivity contribution in [3.8, 4) is 0 Å². The second kappa shape index (κ2) is 2.16. The molecular formula is C7H7NOS. The van der Waals surface area contributed by atoms with Gasteiger partial charge in [-0.25, -0.2) is 0 Å². The van der Waals surface area contributed by atoms with Crippen molar-refractivity contribution in [3.05, 3.63) is 23.1 Å². The van der Waals surface area contributed by atoms with Crippen LogP contribution in [0.25, 0.3) is 0 Å². The summed E-state index contributed by atoms with van der Waals surface area (Å²) < 4.78 is 2.73. The third kappa shape index (κ3) is 0.778. The monoisotopic (exact) mass is 153 g/mol. The number of hydrogen-bond donors (Lipinski definition) is 1. The summed E-state index contributed by atoms with van der Waals surface area (Å²) >= 11 is 1.44. The zero-order valence-electron chi connectivity index (χ0n) is 5.33. The minimum atomic E-state index is 0.120. The summed E-state index contributed by atoms with van der Waals surface area (Å²) in [6.07, 6.45) is 6.89. The number of nitrogens with one attached hydrogen (secondary N) is 1. The van der Waals surface area contributed by atoms with E-state index in [0.29, 0.717) is 0 Å².